The molecule has 0 fully saturated rings. The molecule has 0 saturated carbocycles. The van der Waals surface area contributed by atoms with Crippen LogP contribution in [0, 0.1) is 11.6 Å². The molecule has 52 heavy (non-hydrogen) atoms. The number of aryl methyl sites for hydroxylation is 2. The van der Waals surface area contributed by atoms with Crippen LogP contribution in [-0.4, -0.2) is 67.9 Å². The first-order valence-electron chi connectivity index (χ1n) is 15.0. The van der Waals surface area contributed by atoms with Crippen molar-refractivity contribution in [3.8, 4) is 0 Å². The molecule has 2 aromatic heterocycles. The van der Waals surface area contributed by atoms with Gasteiger partial charge in [0.15, 0.2) is 12.6 Å². The second kappa shape index (κ2) is 20.3. The molecule has 0 unspecified atom stereocenters. The highest BCUT2D eigenvalue weighted by atomic mass is 19.1. The van der Waals surface area contributed by atoms with Gasteiger partial charge in [-0.15, -0.1) is 0 Å². The fraction of sp³-hybridized carbons (Fsp3) is 0.118. The highest BCUT2D eigenvalue weighted by Crippen LogP contribution is 2.25. The van der Waals surface area contributed by atoms with Gasteiger partial charge in [0.1, 0.15) is 35.9 Å². The Morgan fingerprint density at radius 2 is 1.10 bits per heavy atom. The van der Waals surface area contributed by atoms with E-state index in [-0.39, 0.29) is 57.9 Å². The van der Waals surface area contributed by atoms with Crippen LogP contribution in [-0.2, 0) is 22.4 Å². The molecule has 2 heterocycles. The summed E-state index contributed by atoms with van der Waals surface area (Å²) in [7, 11) is 3.00. The summed E-state index contributed by atoms with van der Waals surface area (Å²) < 4.78 is 31.6. The standard InChI is InChI=1S/C18H18F2N2O4.2C8H10N4O/c1-21-15-6-10(13(19)7-12(15)18(25)26)4-3-9-5-11(17(23)24)16(22-2)8-14(9)20;2*9-7(5-13)1-2-8(10)12-4-3-11-6-12/h5-8,21-22H,3-4H2,1-2H3,(H,23,24)(H,25,26);2*1-6H,9-10H2/b;2*7-1-,8-2+. The van der Waals surface area contributed by atoms with E-state index in [1.54, 1.807) is 46.6 Å². The Morgan fingerprint density at radius 1 is 0.692 bits per heavy atom. The number of aromatic nitrogens is 4. The number of aromatic carboxylic acids is 2. The molecule has 0 aliphatic carbocycles. The monoisotopic (exact) mass is 720 g/mol. The number of carboxylic acid groups (broad SMARTS) is 2. The second-order valence-electron chi connectivity index (χ2n) is 10.3. The van der Waals surface area contributed by atoms with Gasteiger partial charge in [-0.3, -0.25) is 18.7 Å². The van der Waals surface area contributed by atoms with Crippen LogP contribution < -0.4 is 33.6 Å². The van der Waals surface area contributed by atoms with Crippen molar-refractivity contribution < 1.29 is 38.2 Å². The Kier molecular flexibility index (Phi) is 16.0. The molecule has 4 rings (SSSR count). The first kappa shape index (κ1) is 40.9. The van der Waals surface area contributed by atoms with Crippen LogP contribution in [0.1, 0.15) is 31.8 Å². The predicted octanol–water partition coefficient (Wildman–Crippen LogP) is 2.59. The van der Waals surface area contributed by atoms with Crippen molar-refractivity contribution in [3.63, 3.8) is 0 Å². The number of carbonyl (C=O) groups is 4. The molecule has 2 aromatic carbocycles. The Morgan fingerprint density at radius 3 is 1.48 bits per heavy atom. The Bertz CT molecular complexity index is 1900. The van der Waals surface area contributed by atoms with E-state index in [4.69, 9.17) is 28.0 Å². The molecule has 4 aromatic rings. The number of anilines is 2. The number of carbonyl (C=O) groups excluding carboxylic acids is 2. The fourth-order valence-electron chi connectivity index (χ4n) is 4.09. The lowest BCUT2D eigenvalue weighted by atomic mass is 9.99. The number of halogens is 2. The van der Waals surface area contributed by atoms with Crippen LogP contribution in [0.25, 0.3) is 11.6 Å². The third-order valence-corrected chi connectivity index (χ3v) is 6.81. The number of rotatable bonds is 13. The third-order valence-electron chi connectivity index (χ3n) is 6.81. The third kappa shape index (κ3) is 12.3. The van der Waals surface area contributed by atoms with E-state index in [0.29, 0.717) is 24.2 Å². The van der Waals surface area contributed by atoms with Crippen molar-refractivity contribution in [1.82, 2.24) is 19.1 Å². The van der Waals surface area contributed by atoms with Gasteiger partial charge in [0.2, 0.25) is 0 Å². The van der Waals surface area contributed by atoms with Crippen LogP contribution in [0.15, 0.2) is 97.4 Å². The summed E-state index contributed by atoms with van der Waals surface area (Å²) in [6.07, 6.45) is 16.9. The number of carboxylic acids is 2. The van der Waals surface area contributed by atoms with Crippen LogP contribution in [0.5, 0.6) is 0 Å². The summed E-state index contributed by atoms with van der Waals surface area (Å²) in [4.78, 5) is 50.2. The van der Waals surface area contributed by atoms with Gasteiger partial charge in [0.05, 0.1) is 28.2 Å². The molecular weight excluding hydrogens is 682 g/mol. The molecule has 0 bridgehead atoms. The molecule has 0 aliphatic heterocycles. The van der Waals surface area contributed by atoms with Crippen LogP contribution in [0.3, 0.4) is 0 Å². The first-order valence-corrected chi connectivity index (χ1v) is 15.0. The zero-order chi connectivity index (χ0) is 38.8. The van der Waals surface area contributed by atoms with Crippen LogP contribution >= 0.6 is 0 Å². The van der Waals surface area contributed by atoms with Gasteiger partial charge >= 0.3 is 11.9 Å². The van der Waals surface area contributed by atoms with Gasteiger partial charge in [0, 0.05) is 44.6 Å². The zero-order valence-electron chi connectivity index (χ0n) is 28.0. The van der Waals surface area contributed by atoms with Crippen molar-refractivity contribution in [2.24, 2.45) is 22.9 Å². The van der Waals surface area contributed by atoms with Gasteiger partial charge in [0.25, 0.3) is 0 Å². The molecule has 0 aliphatic rings. The van der Waals surface area contributed by atoms with Gasteiger partial charge in [-0.2, -0.15) is 0 Å². The number of benzene rings is 2. The largest absolute Gasteiger partial charge is 0.478 e. The molecule has 18 heteroatoms. The lowest BCUT2D eigenvalue weighted by Crippen LogP contribution is -2.08. The maximum Gasteiger partial charge on any atom is 0.337 e. The smallest absolute Gasteiger partial charge is 0.337 e. The molecule has 12 N–H and O–H groups in total. The van der Waals surface area contributed by atoms with Crippen LogP contribution in [0.4, 0.5) is 20.2 Å². The van der Waals surface area contributed by atoms with Gasteiger partial charge < -0.3 is 43.8 Å². The minimum atomic E-state index is -1.26. The summed E-state index contributed by atoms with van der Waals surface area (Å²) in [6.45, 7) is 0. The van der Waals surface area contributed by atoms with Crippen LogP contribution in [0.2, 0.25) is 0 Å². The molecule has 0 atom stereocenters. The van der Waals surface area contributed by atoms with Crippen molar-refractivity contribution in [2.75, 3.05) is 24.7 Å². The quantitative estimate of drug-likeness (QED) is 0.0560. The summed E-state index contributed by atoms with van der Waals surface area (Å²) >= 11 is 0. The van der Waals surface area contributed by atoms with Crippen molar-refractivity contribution >= 4 is 47.5 Å². The van der Waals surface area contributed by atoms with E-state index in [1.165, 1.54) is 50.5 Å². The van der Waals surface area contributed by atoms with Gasteiger partial charge in [-0.05, 0) is 72.5 Å². The summed E-state index contributed by atoms with van der Waals surface area (Å²) in [6, 6.07) is 4.57. The molecule has 274 valence electrons. The minimum absolute atomic E-state index is 0.0581. The van der Waals surface area contributed by atoms with Crippen molar-refractivity contribution in [2.45, 2.75) is 12.8 Å². The maximum atomic E-state index is 14.2. The number of imidazole rings is 2. The van der Waals surface area contributed by atoms with E-state index in [2.05, 4.69) is 20.6 Å². The number of hydrogen-bond donors (Lipinski definition) is 8. The second-order valence-corrected chi connectivity index (χ2v) is 10.3. The van der Waals surface area contributed by atoms with Crippen molar-refractivity contribution in [1.29, 1.82) is 0 Å². The van der Waals surface area contributed by atoms with E-state index < -0.39 is 23.6 Å². The SMILES string of the molecule is CNc1cc(CCc2cc(C(=O)O)c(NC)cc2F)c(F)cc1C(=O)O.N/C(C=O)=C\C=C(/N)n1ccnc1.N/C(C=O)=C\C=C(/N)n1ccnc1. The number of nitrogens with two attached hydrogens (primary N) is 4. The molecule has 0 saturated heterocycles. The molecule has 0 radical (unpaired) electrons. The fourth-order valence-corrected chi connectivity index (χ4v) is 4.09. The zero-order valence-corrected chi connectivity index (χ0v) is 28.0. The topological polar surface area (TPSA) is 273 Å². The highest BCUT2D eigenvalue weighted by Gasteiger charge is 2.17. The minimum Gasteiger partial charge on any atom is -0.478 e. The average Bonchev–Trinajstić information content (AvgIpc) is 3.88. The number of aldehydes is 2. The number of hydrogen-bond acceptors (Lipinski definition) is 12. The molecule has 0 spiro atoms. The van der Waals surface area contributed by atoms with E-state index in [1.807, 2.05) is 0 Å². The maximum absolute atomic E-state index is 14.2. The number of nitrogens with zero attached hydrogens (tertiary/aromatic N) is 4. The summed E-state index contributed by atoms with van der Waals surface area (Å²) in [5.74, 6) is -2.89. The summed E-state index contributed by atoms with van der Waals surface area (Å²) in [5.41, 5.74) is 22.4. The predicted molar refractivity (Wildman–Crippen MR) is 191 cm³/mol. The Balaban J connectivity index is 0.000000301. The van der Waals surface area contributed by atoms with Gasteiger partial charge in [-0.1, -0.05) is 0 Å². The normalized spacial score (nSPS) is 11.7. The lowest BCUT2D eigenvalue weighted by Gasteiger charge is -2.12. The van der Waals surface area contributed by atoms with E-state index in [0.717, 1.165) is 12.1 Å². The highest BCUT2D eigenvalue weighted by molar-refractivity contribution is 5.95. The first-order chi connectivity index (χ1) is 24.8. The van der Waals surface area contributed by atoms with Crippen molar-refractivity contribution in [3.05, 3.63) is 131 Å². The molecular formula is C34H38F2N10O6. The number of nitrogens with one attached hydrogen (secondary N) is 2. The Hall–Kier alpha value is -7.24. The number of allylic oxidation sites excluding steroid dienone is 6. The molecule has 16 nitrogen and oxygen atoms in total. The van der Waals surface area contributed by atoms with E-state index in [9.17, 15) is 33.1 Å². The molecule has 0 amide bonds. The average molecular weight is 721 g/mol. The van der Waals surface area contributed by atoms with Gasteiger partial charge in [-0.25, -0.2) is 28.3 Å². The van der Waals surface area contributed by atoms with E-state index >= 15 is 0 Å². The Labute approximate surface area is 296 Å². The lowest BCUT2D eigenvalue weighted by molar-refractivity contribution is -0.105. The summed E-state index contributed by atoms with van der Waals surface area (Å²) in [5, 5.41) is 23.6.